The van der Waals surface area contributed by atoms with Crippen LogP contribution in [-0.2, 0) is 4.79 Å². The number of amides is 3. The van der Waals surface area contributed by atoms with Crippen molar-refractivity contribution < 1.29 is 18.4 Å². The standard InChI is InChI=1S/C22H24F2N4O2/c23-18-13-27(14-19(18)24)16-8-10-17(11-9-16)28-12-4-7-20(21(28)29)26-22(30)25-15-5-2-1-3-6-15/h1-3,5-6,8-11,18-20H,4,7,12-14H2,(H2,25,26,30)/t18-,19+,20-/m1/s1. The highest BCUT2D eigenvalue weighted by Gasteiger charge is 2.34. The van der Waals surface area contributed by atoms with E-state index in [9.17, 15) is 18.4 Å². The van der Waals surface area contributed by atoms with Gasteiger partial charge in [0, 0.05) is 23.6 Å². The Labute approximate surface area is 173 Å². The normalized spacial score (nSPS) is 24.1. The molecule has 3 amide bonds. The molecule has 0 bridgehead atoms. The van der Waals surface area contributed by atoms with E-state index in [1.54, 1.807) is 46.2 Å². The topological polar surface area (TPSA) is 64.7 Å². The average Bonchev–Trinajstić information content (AvgIpc) is 3.09. The number of para-hydroxylation sites is 1. The number of carbonyl (C=O) groups excluding carboxylic acids is 2. The summed E-state index contributed by atoms with van der Waals surface area (Å²) in [6.07, 6.45) is -1.62. The number of anilines is 3. The van der Waals surface area contributed by atoms with Crippen molar-refractivity contribution in [2.24, 2.45) is 0 Å². The van der Waals surface area contributed by atoms with Crippen molar-refractivity contribution in [2.45, 2.75) is 31.2 Å². The number of halogens is 2. The summed E-state index contributed by atoms with van der Waals surface area (Å²) >= 11 is 0. The van der Waals surface area contributed by atoms with Crippen LogP contribution in [0.4, 0.5) is 30.6 Å². The number of urea groups is 1. The number of hydrogen-bond acceptors (Lipinski definition) is 3. The molecular weight excluding hydrogens is 390 g/mol. The third-order valence-corrected chi connectivity index (χ3v) is 5.48. The summed E-state index contributed by atoms with van der Waals surface area (Å²) in [7, 11) is 0. The molecule has 0 aliphatic carbocycles. The van der Waals surface area contributed by atoms with Crippen molar-refractivity contribution in [3.05, 3.63) is 54.6 Å². The monoisotopic (exact) mass is 414 g/mol. The van der Waals surface area contributed by atoms with Crippen LogP contribution >= 0.6 is 0 Å². The maximum Gasteiger partial charge on any atom is 0.319 e. The lowest BCUT2D eigenvalue weighted by Gasteiger charge is -2.33. The second-order valence-corrected chi connectivity index (χ2v) is 7.60. The SMILES string of the molecule is O=C(Nc1ccccc1)N[C@@H]1CCCN(c2ccc(N3C[C@@H](F)[C@@H](F)C3)cc2)C1=O. The van der Waals surface area contributed by atoms with E-state index in [1.807, 2.05) is 18.2 Å². The van der Waals surface area contributed by atoms with Gasteiger partial charge in [0.15, 0.2) is 12.3 Å². The second-order valence-electron chi connectivity index (χ2n) is 7.60. The smallest absolute Gasteiger partial charge is 0.319 e. The fourth-order valence-electron chi connectivity index (χ4n) is 3.89. The number of hydrogen-bond donors (Lipinski definition) is 2. The molecule has 2 saturated heterocycles. The zero-order chi connectivity index (χ0) is 21.1. The molecule has 2 aliphatic heterocycles. The van der Waals surface area contributed by atoms with Gasteiger partial charge in [-0.2, -0.15) is 0 Å². The van der Waals surface area contributed by atoms with Crippen molar-refractivity contribution >= 4 is 29.0 Å². The Morgan fingerprint density at radius 3 is 2.23 bits per heavy atom. The molecule has 2 aromatic rings. The highest BCUT2D eigenvalue weighted by molar-refractivity contribution is 6.01. The number of nitrogens with one attached hydrogen (secondary N) is 2. The van der Waals surface area contributed by atoms with Crippen LogP contribution in [0.3, 0.4) is 0 Å². The highest BCUT2D eigenvalue weighted by Crippen LogP contribution is 2.28. The van der Waals surface area contributed by atoms with Gasteiger partial charge in [-0.25, -0.2) is 13.6 Å². The van der Waals surface area contributed by atoms with Crippen molar-refractivity contribution in [3.8, 4) is 0 Å². The van der Waals surface area contributed by atoms with Gasteiger partial charge in [0.2, 0.25) is 5.91 Å². The lowest BCUT2D eigenvalue weighted by molar-refractivity contribution is -0.121. The summed E-state index contributed by atoms with van der Waals surface area (Å²) in [6.45, 7) is 0.622. The molecule has 158 valence electrons. The third-order valence-electron chi connectivity index (χ3n) is 5.48. The summed E-state index contributed by atoms with van der Waals surface area (Å²) in [5.74, 6) is -0.175. The van der Waals surface area contributed by atoms with Crippen molar-refractivity contribution in [1.29, 1.82) is 0 Å². The molecule has 8 heteroatoms. The molecule has 2 aliphatic rings. The van der Waals surface area contributed by atoms with Gasteiger partial charge in [0.1, 0.15) is 6.04 Å². The molecule has 0 spiro atoms. The molecule has 2 aromatic carbocycles. The molecule has 0 unspecified atom stereocenters. The molecule has 4 rings (SSSR count). The molecule has 2 fully saturated rings. The maximum absolute atomic E-state index is 13.4. The quantitative estimate of drug-likeness (QED) is 0.805. The number of benzene rings is 2. The first-order valence-corrected chi connectivity index (χ1v) is 10.1. The number of carbonyl (C=O) groups is 2. The van der Waals surface area contributed by atoms with Crippen LogP contribution in [0.15, 0.2) is 54.6 Å². The van der Waals surface area contributed by atoms with E-state index in [2.05, 4.69) is 10.6 Å². The Balaban J connectivity index is 1.38. The van der Waals surface area contributed by atoms with Crippen molar-refractivity contribution in [1.82, 2.24) is 5.32 Å². The third kappa shape index (κ3) is 4.37. The van der Waals surface area contributed by atoms with Gasteiger partial charge in [-0.15, -0.1) is 0 Å². The predicted octanol–water partition coefficient (Wildman–Crippen LogP) is 3.50. The van der Waals surface area contributed by atoms with E-state index in [1.165, 1.54) is 0 Å². The van der Waals surface area contributed by atoms with Gasteiger partial charge in [-0.3, -0.25) is 4.79 Å². The van der Waals surface area contributed by atoms with Crippen LogP contribution in [0.5, 0.6) is 0 Å². The summed E-state index contributed by atoms with van der Waals surface area (Å²) in [5, 5.41) is 5.47. The molecule has 3 atom stereocenters. The van der Waals surface area contributed by atoms with Gasteiger partial charge >= 0.3 is 6.03 Å². The zero-order valence-electron chi connectivity index (χ0n) is 16.4. The highest BCUT2D eigenvalue weighted by atomic mass is 19.2. The van der Waals surface area contributed by atoms with E-state index in [0.29, 0.717) is 24.3 Å². The Morgan fingerprint density at radius 2 is 1.57 bits per heavy atom. The van der Waals surface area contributed by atoms with Crippen LogP contribution in [0.2, 0.25) is 0 Å². The Bertz CT molecular complexity index is 884. The summed E-state index contributed by atoms with van der Waals surface area (Å²) in [4.78, 5) is 28.5. The van der Waals surface area contributed by atoms with E-state index in [4.69, 9.17) is 0 Å². The number of piperidine rings is 1. The minimum absolute atomic E-state index is 0.0334. The Hall–Kier alpha value is -3.16. The van der Waals surface area contributed by atoms with Gasteiger partial charge in [-0.05, 0) is 49.2 Å². The summed E-state index contributed by atoms with van der Waals surface area (Å²) in [5.41, 5.74) is 2.08. The first-order chi connectivity index (χ1) is 14.5. The number of nitrogens with zero attached hydrogens (tertiary/aromatic N) is 2. The van der Waals surface area contributed by atoms with E-state index in [0.717, 1.165) is 12.1 Å². The number of alkyl halides is 2. The van der Waals surface area contributed by atoms with Crippen LogP contribution in [0, 0.1) is 0 Å². The molecule has 2 heterocycles. The molecule has 2 N–H and O–H groups in total. The van der Waals surface area contributed by atoms with E-state index in [-0.39, 0.29) is 19.0 Å². The fraction of sp³-hybridized carbons (Fsp3) is 0.364. The number of rotatable bonds is 4. The predicted molar refractivity (Wildman–Crippen MR) is 112 cm³/mol. The summed E-state index contributed by atoms with van der Waals surface area (Å²) < 4.78 is 26.9. The van der Waals surface area contributed by atoms with Gasteiger partial charge in [-0.1, -0.05) is 18.2 Å². The Morgan fingerprint density at radius 1 is 0.933 bits per heavy atom. The molecule has 6 nitrogen and oxygen atoms in total. The van der Waals surface area contributed by atoms with Crippen LogP contribution < -0.4 is 20.4 Å². The fourth-order valence-corrected chi connectivity index (χ4v) is 3.89. The van der Waals surface area contributed by atoms with E-state index < -0.39 is 24.4 Å². The molecule has 0 saturated carbocycles. The first kappa shape index (κ1) is 20.1. The van der Waals surface area contributed by atoms with Crippen LogP contribution in [-0.4, -0.2) is 50.0 Å². The largest absolute Gasteiger partial charge is 0.365 e. The average molecular weight is 414 g/mol. The Kier molecular flexibility index (Phi) is 5.83. The maximum atomic E-state index is 13.4. The minimum Gasteiger partial charge on any atom is -0.365 e. The first-order valence-electron chi connectivity index (χ1n) is 10.1. The van der Waals surface area contributed by atoms with Crippen molar-refractivity contribution in [3.63, 3.8) is 0 Å². The van der Waals surface area contributed by atoms with Crippen molar-refractivity contribution in [2.75, 3.05) is 34.8 Å². The van der Waals surface area contributed by atoms with Crippen LogP contribution in [0.25, 0.3) is 0 Å². The molecule has 0 radical (unpaired) electrons. The zero-order valence-corrected chi connectivity index (χ0v) is 16.4. The second kappa shape index (κ2) is 8.69. The van der Waals surface area contributed by atoms with Gasteiger partial charge in [0.25, 0.3) is 0 Å². The van der Waals surface area contributed by atoms with Gasteiger partial charge < -0.3 is 20.4 Å². The lowest BCUT2D eigenvalue weighted by atomic mass is 10.0. The van der Waals surface area contributed by atoms with Crippen LogP contribution in [0.1, 0.15) is 12.8 Å². The molecule has 30 heavy (non-hydrogen) atoms. The molecule has 0 aromatic heterocycles. The minimum atomic E-state index is -1.47. The van der Waals surface area contributed by atoms with Gasteiger partial charge in [0.05, 0.1) is 13.1 Å². The van der Waals surface area contributed by atoms with E-state index >= 15 is 0 Å². The lowest BCUT2D eigenvalue weighted by Crippen LogP contribution is -2.53. The summed E-state index contributed by atoms with van der Waals surface area (Å²) in [6, 6.07) is 15.1. The molecular formula is C22H24F2N4O2.